The second-order valence-electron chi connectivity index (χ2n) is 7.22. The molecule has 0 saturated heterocycles. The summed E-state index contributed by atoms with van der Waals surface area (Å²) in [6, 6.07) is 4.89. The maximum absolute atomic E-state index is 4.63. The van der Waals surface area contributed by atoms with E-state index < -0.39 is 18.4 Å². The van der Waals surface area contributed by atoms with Crippen LogP contribution in [0.15, 0.2) is 18.3 Å². The van der Waals surface area contributed by atoms with Crippen LogP contribution in [-0.2, 0) is 0 Å². The van der Waals surface area contributed by atoms with Gasteiger partial charge in [0.2, 0.25) is 0 Å². The van der Waals surface area contributed by atoms with Gasteiger partial charge in [-0.2, -0.15) is 0 Å². The van der Waals surface area contributed by atoms with E-state index >= 15 is 0 Å². The van der Waals surface area contributed by atoms with Crippen molar-refractivity contribution in [2.24, 2.45) is 0 Å². The van der Waals surface area contributed by atoms with Gasteiger partial charge in [-0.25, -0.2) is 0 Å². The maximum atomic E-state index is 4.63. The molecule has 0 saturated carbocycles. The topological polar surface area (TPSA) is 12.9 Å². The van der Waals surface area contributed by atoms with E-state index in [4.69, 9.17) is 0 Å². The normalized spacial score (nSPS) is 12.1. The van der Waals surface area contributed by atoms with Crippen LogP contribution in [0.1, 0.15) is 84.8 Å². The minimum absolute atomic E-state index is 0.549. The van der Waals surface area contributed by atoms with Crippen LogP contribution in [-0.4, -0.2) is 23.4 Å². The Labute approximate surface area is 143 Å². The van der Waals surface area contributed by atoms with Gasteiger partial charge in [0.1, 0.15) is 0 Å². The molecule has 0 atom stereocenters. The number of unbranched alkanes of at least 4 members (excludes halogenated alkanes) is 3. The van der Waals surface area contributed by atoms with Crippen molar-refractivity contribution >= 4 is 22.0 Å². The van der Waals surface area contributed by atoms with Gasteiger partial charge in [-0.1, -0.05) is 0 Å². The average Bonchev–Trinajstić information content (AvgIpc) is 2.54. The first kappa shape index (κ1) is 20.0. The number of nitrogens with zero attached hydrogens (tertiary/aromatic N) is 1. The van der Waals surface area contributed by atoms with Crippen LogP contribution < -0.4 is 3.58 Å². The van der Waals surface area contributed by atoms with Crippen molar-refractivity contribution in [2.75, 3.05) is 0 Å². The van der Waals surface area contributed by atoms with Gasteiger partial charge >= 0.3 is 143 Å². The fraction of sp³-hybridized carbons (Fsp3) is 0.750. The van der Waals surface area contributed by atoms with Crippen molar-refractivity contribution in [3.8, 4) is 0 Å². The molecule has 0 spiro atoms. The van der Waals surface area contributed by atoms with Crippen molar-refractivity contribution in [3.63, 3.8) is 0 Å². The van der Waals surface area contributed by atoms with E-state index in [0.717, 1.165) is 0 Å². The minimum atomic E-state index is -2.24. The Morgan fingerprint density at radius 2 is 1.41 bits per heavy atom. The standard InChI is InChI=1S/C8H10N.3C4H9.Sn/c1-7(2)8-5-3-4-6-9-8;3*1-3-4-2;/h4-7H,1-2H3;3*1,3-4H2,2H3;. The molecule has 0 N–H and O–H groups in total. The molecule has 0 aliphatic heterocycles. The Hall–Kier alpha value is -0.0513. The van der Waals surface area contributed by atoms with Crippen LogP contribution in [0.5, 0.6) is 0 Å². The molecule has 1 heterocycles. The van der Waals surface area contributed by atoms with E-state index in [1.54, 1.807) is 16.9 Å². The third kappa shape index (κ3) is 5.86. The third-order valence-electron chi connectivity index (χ3n) is 5.01. The number of hydrogen-bond acceptors (Lipinski definition) is 1. The van der Waals surface area contributed by atoms with Crippen LogP contribution >= 0.6 is 0 Å². The zero-order chi connectivity index (χ0) is 16.4. The first-order valence-electron chi connectivity index (χ1n) is 9.56. The molecular formula is C20H37NSn. The van der Waals surface area contributed by atoms with Crippen LogP contribution in [0.2, 0.25) is 13.3 Å². The molecule has 0 aliphatic carbocycles. The second-order valence-corrected chi connectivity index (χ2v) is 20.5. The molecule has 22 heavy (non-hydrogen) atoms. The van der Waals surface area contributed by atoms with Crippen molar-refractivity contribution in [1.29, 1.82) is 0 Å². The van der Waals surface area contributed by atoms with E-state index in [2.05, 4.69) is 57.9 Å². The van der Waals surface area contributed by atoms with Crippen molar-refractivity contribution in [3.05, 3.63) is 24.0 Å². The Kier molecular flexibility index (Phi) is 9.70. The van der Waals surface area contributed by atoms with E-state index in [0.29, 0.717) is 5.92 Å². The molecule has 1 aromatic heterocycles. The Morgan fingerprint density at radius 1 is 0.909 bits per heavy atom. The predicted octanol–water partition coefficient (Wildman–Crippen LogP) is 6.26. The Morgan fingerprint density at radius 3 is 1.82 bits per heavy atom. The van der Waals surface area contributed by atoms with Crippen LogP contribution in [0.3, 0.4) is 0 Å². The number of pyridine rings is 1. The van der Waals surface area contributed by atoms with Crippen molar-refractivity contribution in [2.45, 2.75) is 92.4 Å². The molecule has 0 unspecified atom stereocenters. The number of hydrogen-bond donors (Lipinski definition) is 0. The van der Waals surface area contributed by atoms with E-state index in [1.807, 2.05) is 0 Å². The summed E-state index contributed by atoms with van der Waals surface area (Å²) in [4.78, 5) is 4.63. The molecule has 1 aromatic rings. The summed E-state index contributed by atoms with van der Waals surface area (Å²) >= 11 is -2.24. The van der Waals surface area contributed by atoms with Gasteiger partial charge in [-0.05, 0) is 0 Å². The summed E-state index contributed by atoms with van der Waals surface area (Å²) in [6.45, 7) is 11.6. The van der Waals surface area contributed by atoms with E-state index in [-0.39, 0.29) is 0 Å². The van der Waals surface area contributed by atoms with E-state index in [1.165, 1.54) is 44.2 Å². The summed E-state index contributed by atoms with van der Waals surface area (Å²) in [7, 11) is 0. The average molecular weight is 410 g/mol. The molecule has 126 valence electrons. The van der Waals surface area contributed by atoms with Gasteiger partial charge in [0, 0.05) is 0 Å². The van der Waals surface area contributed by atoms with Gasteiger partial charge in [-0.3, -0.25) is 0 Å². The molecule has 0 bridgehead atoms. The molecule has 0 fully saturated rings. The van der Waals surface area contributed by atoms with E-state index in [9.17, 15) is 0 Å². The van der Waals surface area contributed by atoms with Gasteiger partial charge in [0.25, 0.3) is 0 Å². The molecule has 0 radical (unpaired) electrons. The molecular weight excluding hydrogens is 373 g/mol. The molecule has 1 rings (SSSR count). The summed E-state index contributed by atoms with van der Waals surface area (Å²) in [5.41, 5.74) is 1.31. The molecule has 0 aromatic carbocycles. The number of aromatic nitrogens is 1. The fourth-order valence-corrected chi connectivity index (χ4v) is 19.4. The third-order valence-corrected chi connectivity index (χ3v) is 20.6. The quantitative estimate of drug-likeness (QED) is 0.393. The molecule has 0 amide bonds. The predicted molar refractivity (Wildman–Crippen MR) is 103 cm³/mol. The zero-order valence-electron chi connectivity index (χ0n) is 15.6. The number of rotatable bonds is 11. The SMILES string of the molecule is CCC[CH2][Sn]([CH2]CCC)([CH2]CCC)[c]1ccnc(C(C)C)c1. The molecule has 0 aliphatic rings. The summed E-state index contributed by atoms with van der Waals surface area (Å²) in [5, 5.41) is 0. The van der Waals surface area contributed by atoms with Crippen molar-refractivity contribution < 1.29 is 0 Å². The van der Waals surface area contributed by atoms with Crippen LogP contribution in [0, 0.1) is 0 Å². The first-order chi connectivity index (χ1) is 10.6. The van der Waals surface area contributed by atoms with Gasteiger partial charge in [0.05, 0.1) is 0 Å². The van der Waals surface area contributed by atoms with Gasteiger partial charge in [0.15, 0.2) is 0 Å². The fourth-order valence-electron chi connectivity index (χ4n) is 3.45. The second kappa shape index (κ2) is 10.7. The summed E-state index contributed by atoms with van der Waals surface area (Å²) in [5.74, 6) is 0.549. The van der Waals surface area contributed by atoms with Gasteiger partial charge < -0.3 is 0 Å². The van der Waals surface area contributed by atoms with Crippen LogP contribution in [0.25, 0.3) is 0 Å². The Balaban J connectivity index is 3.15. The van der Waals surface area contributed by atoms with Crippen LogP contribution in [0.4, 0.5) is 0 Å². The molecule has 1 nitrogen and oxygen atoms in total. The van der Waals surface area contributed by atoms with Crippen molar-refractivity contribution in [1.82, 2.24) is 4.98 Å². The summed E-state index contributed by atoms with van der Waals surface area (Å²) in [6.07, 6.45) is 10.4. The van der Waals surface area contributed by atoms with Gasteiger partial charge in [-0.15, -0.1) is 0 Å². The Bertz CT molecular complexity index is 392. The zero-order valence-corrected chi connectivity index (χ0v) is 18.5. The molecule has 2 heteroatoms. The first-order valence-corrected chi connectivity index (χ1v) is 17.0. The monoisotopic (exact) mass is 411 g/mol. The summed E-state index contributed by atoms with van der Waals surface area (Å²) < 4.78 is 6.41.